The fourth-order valence-electron chi connectivity index (χ4n) is 4.88. The number of rotatable bonds is 11. The Morgan fingerprint density at radius 1 is 1.11 bits per heavy atom. The van der Waals surface area contributed by atoms with E-state index in [-0.39, 0.29) is 69.9 Å². The van der Waals surface area contributed by atoms with Gasteiger partial charge in [-0.2, -0.15) is 0 Å². The molecule has 0 heterocycles. The summed E-state index contributed by atoms with van der Waals surface area (Å²) in [5.41, 5.74) is 0.510. The number of nitrogens with zero attached hydrogens (tertiary/aromatic N) is 2. The van der Waals surface area contributed by atoms with E-state index >= 15 is 0 Å². The van der Waals surface area contributed by atoms with Gasteiger partial charge in [-0.1, -0.05) is 27.4 Å². The van der Waals surface area contributed by atoms with Crippen molar-refractivity contribution in [3.05, 3.63) is 61.1 Å². The summed E-state index contributed by atoms with van der Waals surface area (Å²) in [6.45, 7) is 16.6. The Labute approximate surface area is 212 Å². The van der Waals surface area contributed by atoms with Gasteiger partial charge < -0.3 is 9.84 Å². The van der Waals surface area contributed by atoms with E-state index < -0.39 is 5.41 Å². The molecule has 2 rings (SSSR count). The molecule has 0 bridgehead atoms. The average Bonchev–Trinajstić information content (AvgIpc) is 2.86. The summed E-state index contributed by atoms with van der Waals surface area (Å²) < 4.78 is 5.40. The summed E-state index contributed by atoms with van der Waals surface area (Å²) in [4.78, 5) is 51.2. The summed E-state index contributed by atoms with van der Waals surface area (Å²) in [7, 11) is 1.33. The minimum atomic E-state index is -1.54. The topological polar surface area (TPSA) is 122 Å². The maximum atomic E-state index is 14.0. The molecule has 1 aromatic rings. The van der Waals surface area contributed by atoms with Crippen molar-refractivity contribution in [2.24, 2.45) is 21.7 Å². The number of carbonyl (C=O) groups is 2. The minimum Gasteiger partial charge on any atom is -0.511 e. The van der Waals surface area contributed by atoms with Crippen LogP contribution in [0.3, 0.4) is 0 Å². The Balaban J connectivity index is 2.89. The SMILES string of the molecule is C=C(C1=C(C)C(C)=C(O)C(C)(Cc2c(N=O)c(C)c(OC)c(C(=O)CCC)c2N=O)C1=O)C(C)CC. The molecule has 36 heavy (non-hydrogen) atoms. The van der Waals surface area contributed by atoms with Crippen LogP contribution in [0.1, 0.15) is 82.3 Å². The van der Waals surface area contributed by atoms with Gasteiger partial charge in [-0.3, -0.25) is 9.59 Å². The van der Waals surface area contributed by atoms with Crippen molar-refractivity contribution in [2.75, 3.05) is 7.11 Å². The van der Waals surface area contributed by atoms with E-state index in [0.29, 0.717) is 28.7 Å². The van der Waals surface area contributed by atoms with E-state index in [1.54, 1.807) is 27.7 Å². The van der Waals surface area contributed by atoms with Crippen molar-refractivity contribution in [3.8, 4) is 5.75 Å². The second kappa shape index (κ2) is 11.1. The van der Waals surface area contributed by atoms with Gasteiger partial charge in [-0.05, 0) is 79.9 Å². The Bertz CT molecular complexity index is 1210. The number of ketones is 2. The third-order valence-corrected chi connectivity index (χ3v) is 7.48. The van der Waals surface area contributed by atoms with E-state index in [2.05, 4.69) is 16.9 Å². The van der Waals surface area contributed by atoms with Gasteiger partial charge in [0, 0.05) is 23.1 Å². The van der Waals surface area contributed by atoms with Crippen molar-refractivity contribution in [1.29, 1.82) is 0 Å². The normalized spacial score (nSPS) is 18.8. The van der Waals surface area contributed by atoms with E-state index in [0.717, 1.165) is 6.42 Å². The zero-order chi connectivity index (χ0) is 27.5. The molecule has 1 aliphatic rings. The predicted octanol–water partition coefficient (Wildman–Crippen LogP) is 7.66. The number of methoxy groups -OCH3 is 1. The summed E-state index contributed by atoms with van der Waals surface area (Å²) >= 11 is 0. The molecule has 0 amide bonds. The van der Waals surface area contributed by atoms with E-state index in [9.17, 15) is 24.5 Å². The highest BCUT2D eigenvalue weighted by Crippen LogP contribution is 2.50. The fraction of sp³-hybridized carbons (Fsp3) is 0.500. The molecule has 8 heteroatoms. The van der Waals surface area contributed by atoms with Crippen LogP contribution in [0.2, 0.25) is 0 Å². The number of carbonyl (C=O) groups excluding carboxylic acids is 2. The highest BCUT2D eigenvalue weighted by molar-refractivity contribution is 6.09. The number of Topliss-reactive ketones (excluding diaryl/α,β-unsaturated/α-hetero) is 2. The number of nitroso groups, excluding NO2 is 2. The van der Waals surface area contributed by atoms with Crippen molar-refractivity contribution < 1.29 is 19.4 Å². The largest absolute Gasteiger partial charge is 0.511 e. The van der Waals surface area contributed by atoms with Crippen LogP contribution in [0.5, 0.6) is 5.75 Å². The van der Waals surface area contributed by atoms with Gasteiger partial charge in [0.15, 0.2) is 11.6 Å². The predicted molar refractivity (Wildman–Crippen MR) is 141 cm³/mol. The van der Waals surface area contributed by atoms with E-state index in [4.69, 9.17) is 4.74 Å². The van der Waals surface area contributed by atoms with Gasteiger partial charge in [0.2, 0.25) is 0 Å². The van der Waals surface area contributed by atoms with Gasteiger partial charge in [0.25, 0.3) is 0 Å². The first-order valence-electron chi connectivity index (χ1n) is 12.2. The lowest BCUT2D eigenvalue weighted by Crippen LogP contribution is -2.38. The lowest BCUT2D eigenvalue weighted by Gasteiger charge is -2.36. The van der Waals surface area contributed by atoms with Crippen molar-refractivity contribution in [2.45, 2.75) is 74.1 Å². The van der Waals surface area contributed by atoms with Crippen molar-refractivity contribution in [1.82, 2.24) is 0 Å². The summed E-state index contributed by atoms with van der Waals surface area (Å²) in [6.07, 6.45) is 1.16. The number of ether oxygens (including phenoxy) is 1. The number of benzene rings is 1. The molecule has 1 N–H and O–H groups in total. The molecule has 0 radical (unpaired) electrons. The zero-order valence-electron chi connectivity index (χ0n) is 22.5. The lowest BCUT2D eigenvalue weighted by molar-refractivity contribution is -0.123. The molecule has 0 saturated heterocycles. The molecule has 8 nitrogen and oxygen atoms in total. The van der Waals surface area contributed by atoms with Gasteiger partial charge in [-0.25, -0.2) is 0 Å². The number of aliphatic hydroxyl groups is 1. The molecule has 2 unspecified atom stereocenters. The van der Waals surface area contributed by atoms with Crippen LogP contribution in [0, 0.1) is 28.1 Å². The molecule has 1 aromatic carbocycles. The number of aliphatic hydroxyl groups excluding tert-OH is 1. The maximum Gasteiger partial charge on any atom is 0.177 e. The fourth-order valence-corrected chi connectivity index (χ4v) is 4.88. The average molecular weight is 497 g/mol. The molecule has 194 valence electrons. The Morgan fingerprint density at radius 3 is 2.17 bits per heavy atom. The third-order valence-electron chi connectivity index (χ3n) is 7.48. The highest BCUT2D eigenvalue weighted by Gasteiger charge is 2.47. The Kier molecular flexibility index (Phi) is 8.88. The monoisotopic (exact) mass is 496 g/mol. The van der Waals surface area contributed by atoms with Gasteiger partial charge in [0.1, 0.15) is 22.9 Å². The van der Waals surface area contributed by atoms with Crippen molar-refractivity contribution >= 4 is 22.9 Å². The van der Waals surface area contributed by atoms with Crippen molar-refractivity contribution in [3.63, 3.8) is 0 Å². The van der Waals surface area contributed by atoms with Crippen LogP contribution in [0.4, 0.5) is 11.4 Å². The number of hydrogen-bond acceptors (Lipinski definition) is 8. The minimum absolute atomic E-state index is 0.0251. The standard InChI is InChI=1S/C28H36N2O6/c1-10-12-20(31)22-24(30-35)19(23(29-34)18(7)25(22)36-9)13-28(8)26(32)17(6)16(5)21(27(28)33)15(4)14(3)11-2/h14,32H,4,10-13H2,1-3,5-9H3. The lowest BCUT2D eigenvalue weighted by atomic mass is 9.66. The van der Waals surface area contributed by atoms with Crippen LogP contribution < -0.4 is 4.74 Å². The first-order valence-corrected chi connectivity index (χ1v) is 12.2. The van der Waals surface area contributed by atoms with E-state index in [1.807, 2.05) is 20.8 Å². The van der Waals surface area contributed by atoms with Gasteiger partial charge >= 0.3 is 0 Å². The molecule has 0 saturated carbocycles. The van der Waals surface area contributed by atoms with Gasteiger partial charge in [-0.15, -0.1) is 9.81 Å². The van der Waals surface area contributed by atoms with Crippen LogP contribution >= 0.6 is 0 Å². The van der Waals surface area contributed by atoms with Crippen LogP contribution in [0.15, 0.2) is 45.0 Å². The molecule has 0 spiro atoms. The summed E-state index contributed by atoms with van der Waals surface area (Å²) in [5, 5.41) is 17.5. The first-order chi connectivity index (χ1) is 16.9. The van der Waals surface area contributed by atoms with Crippen LogP contribution in [-0.2, 0) is 11.2 Å². The van der Waals surface area contributed by atoms with Crippen LogP contribution in [0.25, 0.3) is 0 Å². The zero-order valence-corrected chi connectivity index (χ0v) is 22.5. The van der Waals surface area contributed by atoms with E-state index in [1.165, 1.54) is 7.11 Å². The molecule has 0 aromatic heterocycles. The molecule has 0 fully saturated rings. The second-order valence-electron chi connectivity index (χ2n) is 9.71. The van der Waals surface area contributed by atoms with Crippen LogP contribution in [-0.4, -0.2) is 23.8 Å². The quantitative estimate of drug-likeness (QED) is 0.248. The molecule has 1 aliphatic carbocycles. The summed E-state index contributed by atoms with van der Waals surface area (Å²) in [6, 6.07) is 0. The Hall–Kier alpha value is -3.42. The Morgan fingerprint density at radius 2 is 1.69 bits per heavy atom. The first kappa shape index (κ1) is 28.8. The number of allylic oxidation sites excluding steroid dienone is 5. The van der Waals surface area contributed by atoms with Gasteiger partial charge in [0.05, 0.1) is 18.1 Å². The number of hydrogen-bond donors (Lipinski definition) is 1. The molecule has 2 atom stereocenters. The highest BCUT2D eigenvalue weighted by atomic mass is 16.5. The summed E-state index contributed by atoms with van der Waals surface area (Å²) in [5.74, 6) is -0.842. The molecule has 0 aliphatic heterocycles. The maximum absolute atomic E-state index is 14.0. The molecular formula is C28H36N2O6. The smallest absolute Gasteiger partial charge is 0.177 e. The molecular weight excluding hydrogens is 460 g/mol. The third kappa shape index (κ3) is 4.56. The second-order valence-corrected chi connectivity index (χ2v) is 9.71.